The average Bonchev–Trinajstić information content (AvgIpc) is 3.39. The van der Waals surface area contributed by atoms with Crippen molar-refractivity contribution in [3.8, 4) is 35.5 Å². The number of fused-ring (bicyclic) bond motifs is 3. The second kappa shape index (κ2) is 8.35. The van der Waals surface area contributed by atoms with Crippen LogP contribution in [0.15, 0.2) is 36.5 Å². The molecule has 2 aromatic heterocycles. The molecule has 4 aromatic rings. The van der Waals surface area contributed by atoms with E-state index in [0.29, 0.717) is 29.3 Å². The van der Waals surface area contributed by atoms with Gasteiger partial charge in [-0.3, -0.25) is 9.88 Å². The van der Waals surface area contributed by atoms with Gasteiger partial charge in [-0.05, 0) is 30.8 Å². The summed E-state index contributed by atoms with van der Waals surface area (Å²) in [5.74, 6) is 0.424. The Kier molecular flexibility index (Phi) is 5.23. The van der Waals surface area contributed by atoms with Crippen LogP contribution in [0.4, 0.5) is 13.2 Å². The number of hydrogen-bond acceptors (Lipinski definition) is 6. The highest BCUT2D eigenvalue weighted by molar-refractivity contribution is 6.01. The van der Waals surface area contributed by atoms with E-state index in [1.165, 1.54) is 12.3 Å². The van der Waals surface area contributed by atoms with Crippen molar-refractivity contribution in [2.75, 3.05) is 19.7 Å². The summed E-state index contributed by atoms with van der Waals surface area (Å²) in [5, 5.41) is 11.4. The normalized spacial score (nSPS) is 21.7. The van der Waals surface area contributed by atoms with Gasteiger partial charge in [0.25, 0.3) is 0 Å². The zero-order chi connectivity index (χ0) is 25.0. The molecule has 0 amide bonds. The summed E-state index contributed by atoms with van der Waals surface area (Å²) >= 11 is 0. The average molecular weight is 490 g/mol. The molecule has 0 bridgehead atoms. The number of rotatable bonds is 4. The first-order chi connectivity index (χ1) is 17.4. The van der Waals surface area contributed by atoms with Gasteiger partial charge in [0.1, 0.15) is 29.8 Å². The van der Waals surface area contributed by atoms with Crippen LogP contribution in [0.3, 0.4) is 0 Å². The number of alkyl halides is 1. The monoisotopic (exact) mass is 490 g/mol. The minimum Gasteiger partial charge on any atom is -0.493 e. The SMILES string of the molecule is C#Cc1c(F)ccc2cccc(-c3ncc4c(O)nc(OC[C@@]56CCCN5C[C@H](F)C6)nc4c3F)c12. The Morgan fingerprint density at radius 3 is 2.92 bits per heavy atom. The fourth-order valence-corrected chi connectivity index (χ4v) is 5.61. The van der Waals surface area contributed by atoms with E-state index in [1.54, 1.807) is 24.3 Å². The summed E-state index contributed by atoms with van der Waals surface area (Å²) in [5.41, 5.74) is -0.458. The third-order valence-electron chi connectivity index (χ3n) is 7.27. The van der Waals surface area contributed by atoms with Gasteiger partial charge in [-0.2, -0.15) is 9.97 Å². The number of ether oxygens (including phenoxy) is 1. The quantitative estimate of drug-likeness (QED) is 0.416. The van der Waals surface area contributed by atoms with Gasteiger partial charge in [0, 0.05) is 30.1 Å². The molecule has 6 rings (SSSR count). The van der Waals surface area contributed by atoms with Gasteiger partial charge in [0.05, 0.1) is 16.5 Å². The van der Waals surface area contributed by atoms with Crippen molar-refractivity contribution >= 4 is 21.7 Å². The third kappa shape index (κ3) is 3.44. The predicted octanol–water partition coefficient (Wildman–Crippen LogP) is 4.77. The third-order valence-corrected chi connectivity index (χ3v) is 7.27. The van der Waals surface area contributed by atoms with Gasteiger partial charge in [-0.25, -0.2) is 13.2 Å². The molecule has 0 unspecified atom stereocenters. The van der Waals surface area contributed by atoms with E-state index in [2.05, 4.69) is 25.8 Å². The minimum absolute atomic E-state index is 0.00191. The van der Waals surface area contributed by atoms with Crippen molar-refractivity contribution in [3.63, 3.8) is 0 Å². The molecule has 6 nitrogen and oxygen atoms in total. The smallest absolute Gasteiger partial charge is 0.320 e. The molecule has 2 saturated heterocycles. The van der Waals surface area contributed by atoms with Crippen LogP contribution < -0.4 is 4.74 Å². The van der Waals surface area contributed by atoms with Crippen molar-refractivity contribution in [1.82, 2.24) is 19.9 Å². The standard InChI is InChI=1S/C27H21F3N4O2/c1-2-17-20(29)8-7-15-5-3-6-18(21(15)17)23-22(30)24-19(12-31-23)25(35)33-26(32-24)36-14-27-9-4-10-34(27)13-16(28)11-27/h1,3,5-8,12,16H,4,9-11,13-14H2,(H,32,33,35)/t16-,27+/m1/s1. The molecule has 2 atom stereocenters. The lowest BCUT2D eigenvalue weighted by Gasteiger charge is -2.30. The number of halogens is 3. The molecule has 9 heteroatoms. The van der Waals surface area contributed by atoms with Crippen LogP contribution in [0.1, 0.15) is 24.8 Å². The molecule has 4 heterocycles. The van der Waals surface area contributed by atoms with Gasteiger partial charge >= 0.3 is 6.01 Å². The highest BCUT2D eigenvalue weighted by Gasteiger charge is 2.49. The second-order valence-electron chi connectivity index (χ2n) is 9.35. The molecule has 36 heavy (non-hydrogen) atoms. The summed E-state index contributed by atoms with van der Waals surface area (Å²) in [6.45, 7) is 1.29. The molecule has 2 aliphatic heterocycles. The van der Waals surface area contributed by atoms with E-state index in [4.69, 9.17) is 11.2 Å². The van der Waals surface area contributed by atoms with Crippen molar-refractivity contribution in [2.24, 2.45) is 0 Å². The highest BCUT2D eigenvalue weighted by atomic mass is 19.1. The molecule has 2 aliphatic rings. The zero-order valence-corrected chi connectivity index (χ0v) is 19.1. The molecule has 0 aliphatic carbocycles. The van der Waals surface area contributed by atoms with E-state index >= 15 is 4.39 Å². The van der Waals surface area contributed by atoms with Gasteiger partial charge in [0.15, 0.2) is 5.82 Å². The maximum Gasteiger partial charge on any atom is 0.320 e. The van der Waals surface area contributed by atoms with Gasteiger partial charge < -0.3 is 9.84 Å². The fraction of sp³-hybridized carbons (Fsp3) is 0.296. The summed E-state index contributed by atoms with van der Waals surface area (Å²) in [6.07, 6.45) is 7.96. The van der Waals surface area contributed by atoms with Gasteiger partial charge in [-0.1, -0.05) is 30.2 Å². The molecule has 1 N–H and O–H groups in total. The topological polar surface area (TPSA) is 71.4 Å². The number of hydrogen-bond donors (Lipinski definition) is 1. The Bertz CT molecular complexity index is 1570. The molecular formula is C27H21F3N4O2. The number of aromatic nitrogens is 3. The maximum absolute atomic E-state index is 15.9. The summed E-state index contributed by atoms with van der Waals surface area (Å²) in [7, 11) is 0. The molecule has 0 radical (unpaired) electrons. The Morgan fingerprint density at radius 1 is 1.22 bits per heavy atom. The van der Waals surface area contributed by atoms with Crippen LogP contribution in [-0.4, -0.2) is 56.4 Å². The minimum atomic E-state index is -0.927. The Labute approximate surface area is 204 Å². The lowest BCUT2D eigenvalue weighted by Crippen LogP contribution is -2.43. The van der Waals surface area contributed by atoms with E-state index in [-0.39, 0.29) is 34.8 Å². The van der Waals surface area contributed by atoms with E-state index in [1.807, 2.05) is 0 Å². The molecule has 2 aromatic carbocycles. The van der Waals surface area contributed by atoms with Crippen LogP contribution in [0.25, 0.3) is 32.9 Å². The number of pyridine rings is 1. The summed E-state index contributed by atoms with van der Waals surface area (Å²) < 4.78 is 50.2. The van der Waals surface area contributed by atoms with Crippen molar-refractivity contribution < 1.29 is 23.0 Å². The summed E-state index contributed by atoms with van der Waals surface area (Å²) in [4.78, 5) is 14.4. The fourth-order valence-electron chi connectivity index (χ4n) is 5.61. The first kappa shape index (κ1) is 22.6. The highest BCUT2D eigenvalue weighted by Crippen LogP contribution is 2.41. The number of aromatic hydroxyl groups is 1. The first-order valence-electron chi connectivity index (χ1n) is 11.7. The van der Waals surface area contributed by atoms with E-state index < -0.39 is 29.2 Å². The zero-order valence-electron chi connectivity index (χ0n) is 19.1. The maximum atomic E-state index is 15.9. The number of nitrogens with zero attached hydrogens (tertiary/aromatic N) is 4. The van der Waals surface area contributed by atoms with Crippen molar-refractivity contribution in [1.29, 1.82) is 0 Å². The van der Waals surface area contributed by atoms with E-state index in [9.17, 15) is 13.9 Å². The Morgan fingerprint density at radius 2 is 2.08 bits per heavy atom. The predicted molar refractivity (Wildman–Crippen MR) is 128 cm³/mol. The van der Waals surface area contributed by atoms with Gasteiger partial charge in [-0.15, -0.1) is 6.42 Å². The largest absolute Gasteiger partial charge is 0.493 e. The Balaban J connectivity index is 1.43. The summed E-state index contributed by atoms with van der Waals surface area (Å²) in [6, 6.07) is 7.65. The van der Waals surface area contributed by atoms with Crippen LogP contribution in [0.2, 0.25) is 0 Å². The number of terminal acetylenes is 1. The van der Waals surface area contributed by atoms with Crippen LogP contribution >= 0.6 is 0 Å². The van der Waals surface area contributed by atoms with E-state index in [0.717, 1.165) is 19.4 Å². The van der Waals surface area contributed by atoms with Crippen molar-refractivity contribution in [3.05, 3.63) is 53.7 Å². The lowest BCUT2D eigenvalue weighted by atomic mass is 9.95. The van der Waals surface area contributed by atoms with Gasteiger partial charge in [0.2, 0.25) is 5.88 Å². The van der Waals surface area contributed by atoms with Crippen LogP contribution in [0, 0.1) is 24.0 Å². The second-order valence-corrected chi connectivity index (χ2v) is 9.35. The molecule has 182 valence electrons. The molecule has 0 spiro atoms. The molecule has 0 saturated carbocycles. The van der Waals surface area contributed by atoms with Crippen molar-refractivity contribution in [2.45, 2.75) is 31.0 Å². The molecule has 2 fully saturated rings. The van der Waals surface area contributed by atoms with Crippen LogP contribution in [-0.2, 0) is 0 Å². The molecular weight excluding hydrogens is 469 g/mol. The van der Waals surface area contributed by atoms with Crippen LogP contribution in [0.5, 0.6) is 11.9 Å². The lowest BCUT2D eigenvalue weighted by molar-refractivity contribution is 0.107. The Hall–Kier alpha value is -3.90. The first-order valence-corrected chi connectivity index (χ1v) is 11.7. The number of benzene rings is 2.